The fourth-order valence-electron chi connectivity index (χ4n) is 2.02. The van der Waals surface area contributed by atoms with Crippen LogP contribution in [0.3, 0.4) is 0 Å². The molecule has 0 fully saturated rings. The van der Waals surface area contributed by atoms with E-state index in [1.54, 1.807) is 18.3 Å². The fraction of sp³-hybridized carbons (Fsp3) is 0.250. The van der Waals surface area contributed by atoms with Crippen LogP contribution in [0.4, 0.5) is 5.13 Å². The predicted molar refractivity (Wildman–Crippen MR) is 93.2 cm³/mol. The number of nitrogens with one attached hydrogen (secondary N) is 1. The van der Waals surface area contributed by atoms with Gasteiger partial charge in [0.2, 0.25) is 11.0 Å². The molecule has 0 atom stereocenters. The van der Waals surface area contributed by atoms with Crippen LogP contribution in [0, 0.1) is 0 Å². The van der Waals surface area contributed by atoms with Gasteiger partial charge in [-0.25, -0.2) is 4.98 Å². The number of carbonyl (C=O) groups excluding carboxylic acids is 1. The highest BCUT2D eigenvalue weighted by molar-refractivity contribution is 7.15. The molecular weight excluding hydrogens is 348 g/mol. The summed E-state index contributed by atoms with van der Waals surface area (Å²) in [5, 5.41) is 12.7. The Balaban J connectivity index is 1.55. The average molecular weight is 363 g/mol. The number of aryl methyl sites for hydroxylation is 2. The summed E-state index contributed by atoms with van der Waals surface area (Å²) in [6.07, 6.45) is 3.13. The van der Waals surface area contributed by atoms with Crippen molar-refractivity contribution in [1.29, 1.82) is 0 Å². The first kappa shape index (κ1) is 16.6. The Hall–Kier alpha value is -2.25. The molecule has 3 rings (SSSR count). The molecule has 24 heavy (non-hydrogen) atoms. The highest BCUT2D eigenvalue weighted by atomic mass is 35.5. The minimum absolute atomic E-state index is 0.139. The van der Waals surface area contributed by atoms with Crippen LogP contribution in [-0.2, 0) is 17.6 Å². The first-order valence-electron chi connectivity index (χ1n) is 7.47. The molecule has 0 aliphatic carbocycles. The minimum Gasteiger partial charge on any atom is -0.441 e. The standard InChI is InChI=1S/C16H15ClN4O2S/c1-2-15-20-21-16(24-15)19-13(22)7-8-14-18-9-12(23-14)10-3-5-11(17)6-4-10/h3-6,9H,2,7-8H2,1H3,(H,19,21,22). The lowest BCUT2D eigenvalue weighted by Crippen LogP contribution is -2.12. The van der Waals surface area contributed by atoms with Crippen molar-refractivity contribution in [3.63, 3.8) is 0 Å². The Morgan fingerprint density at radius 3 is 2.79 bits per heavy atom. The number of amides is 1. The van der Waals surface area contributed by atoms with Gasteiger partial charge in [-0.1, -0.05) is 29.9 Å². The monoisotopic (exact) mass is 362 g/mol. The lowest BCUT2D eigenvalue weighted by Gasteiger charge is -1.99. The van der Waals surface area contributed by atoms with Gasteiger partial charge in [0.1, 0.15) is 5.01 Å². The molecule has 1 amide bonds. The van der Waals surface area contributed by atoms with E-state index in [0.29, 0.717) is 28.2 Å². The minimum atomic E-state index is -0.139. The molecule has 1 N–H and O–H groups in total. The maximum Gasteiger partial charge on any atom is 0.226 e. The number of aromatic nitrogens is 3. The van der Waals surface area contributed by atoms with Gasteiger partial charge in [-0.2, -0.15) is 0 Å². The van der Waals surface area contributed by atoms with Crippen molar-refractivity contribution < 1.29 is 9.21 Å². The van der Waals surface area contributed by atoms with Gasteiger partial charge < -0.3 is 9.73 Å². The molecule has 3 aromatic rings. The Bertz CT molecular complexity index is 829. The lowest BCUT2D eigenvalue weighted by atomic mass is 10.2. The molecule has 0 saturated heterocycles. The van der Waals surface area contributed by atoms with E-state index in [-0.39, 0.29) is 12.3 Å². The van der Waals surface area contributed by atoms with Gasteiger partial charge in [0.25, 0.3) is 0 Å². The molecule has 0 unspecified atom stereocenters. The van der Waals surface area contributed by atoms with Gasteiger partial charge in [0.15, 0.2) is 11.7 Å². The van der Waals surface area contributed by atoms with Gasteiger partial charge in [-0.05, 0) is 30.7 Å². The van der Waals surface area contributed by atoms with E-state index in [1.807, 2.05) is 19.1 Å². The maximum absolute atomic E-state index is 11.9. The molecule has 0 bridgehead atoms. The molecular formula is C16H15ClN4O2S. The molecule has 6 nitrogen and oxygen atoms in total. The normalized spacial score (nSPS) is 10.8. The Kier molecular flexibility index (Phi) is 5.22. The number of oxazole rings is 1. The zero-order valence-electron chi connectivity index (χ0n) is 13.0. The average Bonchev–Trinajstić information content (AvgIpc) is 3.23. The van der Waals surface area contributed by atoms with E-state index in [1.165, 1.54) is 11.3 Å². The number of anilines is 1. The van der Waals surface area contributed by atoms with Crippen LogP contribution >= 0.6 is 22.9 Å². The predicted octanol–water partition coefficient (Wildman–Crippen LogP) is 3.98. The number of rotatable bonds is 6. The smallest absolute Gasteiger partial charge is 0.226 e. The number of carbonyl (C=O) groups is 1. The summed E-state index contributed by atoms with van der Waals surface area (Å²) in [5.74, 6) is 1.03. The quantitative estimate of drug-likeness (QED) is 0.717. The third kappa shape index (κ3) is 4.18. The maximum atomic E-state index is 11.9. The zero-order chi connectivity index (χ0) is 16.9. The largest absolute Gasteiger partial charge is 0.441 e. The highest BCUT2D eigenvalue weighted by Crippen LogP contribution is 2.23. The summed E-state index contributed by atoms with van der Waals surface area (Å²) < 4.78 is 5.67. The number of halogens is 1. The molecule has 124 valence electrons. The van der Waals surface area contributed by atoms with Crippen LogP contribution in [0.5, 0.6) is 0 Å². The van der Waals surface area contributed by atoms with E-state index >= 15 is 0 Å². The summed E-state index contributed by atoms with van der Waals surface area (Å²) in [6, 6.07) is 7.30. The van der Waals surface area contributed by atoms with Crippen molar-refractivity contribution in [2.24, 2.45) is 0 Å². The SMILES string of the molecule is CCc1nnc(NC(=O)CCc2ncc(-c3ccc(Cl)cc3)o2)s1. The topological polar surface area (TPSA) is 80.9 Å². The molecule has 0 aliphatic heterocycles. The van der Waals surface area contributed by atoms with Crippen LogP contribution < -0.4 is 5.32 Å². The van der Waals surface area contributed by atoms with Crippen molar-refractivity contribution in [3.05, 3.63) is 46.4 Å². The van der Waals surface area contributed by atoms with Crippen molar-refractivity contribution >= 4 is 34.0 Å². The fourth-order valence-corrected chi connectivity index (χ4v) is 2.84. The number of hydrogen-bond donors (Lipinski definition) is 1. The molecule has 0 aliphatic rings. The van der Waals surface area contributed by atoms with E-state index in [2.05, 4.69) is 20.5 Å². The Labute approximate surface area is 147 Å². The summed E-state index contributed by atoms with van der Waals surface area (Å²) in [5.41, 5.74) is 0.892. The molecule has 0 spiro atoms. The molecule has 1 aromatic carbocycles. The molecule has 8 heteroatoms. The molecule has 2 heterocycles. The van der Waals surface area contributed by atoms with Gasteiger partial charge in [-0.15, -0.1) is 10.2 Å². The molecule has 0 saturated carbocycles. The van der Waals surface area contributed by atoms with Crippen LogP contribution in [-0.4, -0.2) is 21.1 Å². The van der Waals surface area contributed by atoms with E-state index < -0.39 is 0 Å². The Morgan fingerprint density at radius 1 is 1.29 bits per heavy atom. The third-order valence-electron chi connectivity index (χ3n) is 3.26. The van der Waals surface area contributed by atoms with Crippen molar-refractivity contribution in [2.45, 2.75) is 26.2 Å². The van der Waals surface area contributed by atoms with Crippen LogP contribution in [0.2, 0.25) is 5.02 Å². The van der Waals surface area contributed by atoms with Gasteiger partial charge >= 0.3 is 0 Å². The number of hydrogen-bond acceptors (Lipinski definition) is 6. The first-order chi connectivity index (χ1) is 11.6. The molecule has 2 aromatic heterocycles. The first-order valence-corrected chi connectivity index (χ1v) is 8.66. The van der Waals surface area contributed by atoms with Gasteiger partial charge in [-0.3, -0.25) is 4.79 Å². The summed E-state index contributed by atoms with van der Waals surface area (Å²) >= 11 is 7.25. The van der Waals surface area contributed by atoms with Gasteiger partial charge in [0, 0.05) is 23.4 Å². The van der Waals surface area contributed by atoms with Gasteiger partial charge in [0.05, 0.1) is 6.20 Å². The highest BCUT2D eigenvalue weighted by Gasteiger charge is 2.11. The second kappa shape index (κ2) is 7.55. The van der Waals surface area contributed by atoms with E-state index in [9.17, 15) is 4.79 Å². The summed E-state index contributed by atoms with van der Waals surface area (Å²) in [6.45, 7) is 1.99. The zero-order valence-corrected chi connectivity index (χ0v) is 14.5. The number of benzene rings is 1. The van der Waals surface area contributed by atoms with Crippen LogP contribution in [0.1, 0.15) is 24.2 Å². The second-order valence-electron chi connectivity index (χ2n) is 5.03. The van der Waals surface area contributed by atoms with Crippen LogP contribution in [0.25, 0.3) is 11.3 Å². The Morgan fingerprint density at radius 2 is 2.08 bits per heavy atom. The lowest BCUT2D eigenvalue weighted by molar-refractivity contribution is -0.116. The molecule has 0 radical (unpaired) electrons. The third-order valence-corrected chi connectivity index (χ3v) is 4.50. The van der Waals surface area contributed by atoms with Crippen molar-refractivity contribution in [1.82, 2.24) is 15.2 Å². The summed E-state index contributed by atoms with van der Waals surface area (Å²) in [7, 11) is 0. The van der Waals surface area contributed by atoms with E-state index in [0.717, 1.165) is 17.0 Å². The summed E-state index contributed by atoms with van der Waals surface area (Å²) in [4.78, 5) is 16.1. The number of nitrogens with zero attached hydrogens (tertiary/aromatic N) is 3. The van der Waals surface area contributed by atoms with Crippen molar-refractivity contribution in [3.8, 4) is 11.3 Å². The van der Waals surface area contributed by atoms with Crippen LogP contribution in [0.15, 0.2) is 34.9 Å². The second-order valence-corrected chi connectivity index (χ2v) is 6.53. The van der Waals surface area contributed by atoms with Crippen molar-refractivity contribution in [2.75, 3.05) is 5.32 Å². The van der Waals surface area contributed by atoms with E-state index in [4.69, 9.17) is 16.0 Å².